The van der Waals surface area contributed by atoms with Gasteiger partial charge in [-0.05, 0) is 36.0 Å². The number of nitrogens with one attached hydrogen (secondary N) is 1. The summed E-state index contributed by atoms with van der Waals surface area (Å²) in [5, 5.41) is 5.42. The molecule has 2 rings (SSSR count). The molecule has 1 heterocycles. The van der Waals surface area contributed by atoms with E-state index in [4.69, 9.17) is 0 Å². The van der Waals surface area contributed by atoms with E-state index in [9.17, 15) is 9.59 Å². The maximum atomic E-state index is 13.0. The minimum absolute atomic E-state index is 0.00244. The predicted octanol–water partition coefficient (Wildman–Crippen LogP) is 4.39. The Bertz CT molecular complexity index is 781. The summed E-state index contributed by atoms with van der Waals surface area (Å²) < 4.78 is 0. The summed E-state index contributed by atoms with van der Waals surface area (Å²) in [7, 11) is 0. The summed E-state index contributed by atoms with van der Waals surface area (Å²) >= 11 is 1.42. The summed E-state index contributed by atoms with van der Waals surface area (Å²) in [6.07, 6.45) is 0.949. The van der Waals surface area contributed by atoms with Crippen molar-refractivity contribution in [3.63, 3.8) is 0 Å². The third kappa shape index (κ3) is 6.44. The van der Waals surface area contributed by atoms with Crippen molar-refractivity contribution in [2.24, 2.45) is 11.8 Å². The Labute approximate surface area is 172 Å². The lowest BCUT2D eigenvalue weighted by Crippen LogP contribution is -2.34. The number of aryl methyl sites for hydroxylation is 1. The molecule has 0 radical (unpaired) electrons. The molecule has 1 aromatic heterocycles. The van der Waals surface area contributed by atoms with E-state index in [1.165, 1.54) is 16.9 Å². The summed E-state index contributed by atoms with van der Waals surface area (Å²) in [4.78, 5) is 31.5. The van der Waals surface area contributed by atoms with E-state index in [0.29, 0.717) is 42.7 Å². The van der Waals surface area contributed by atoms with E-state index in [2.05, 4.69) is 44.9 Å². The number of carbonyl (C=O) groups is 2. The number of hydrogen-bond acceptors (Lipinski definition) is 4. The fourth-order valence-corrected chi connectivity index (χ4v) is 3.55. The standard InChI is InChI=1S/C22H31N3O2S/c1-6-17-7-9-18(10-8-17)22(27)25(12-16(4)5)13-20-24-19(14-28-20)21(26)23-11-15(2)3/h7-10,14-16H,6,11-13H2,1-5H3,(H,23,26). The van der Waals surface area contributed by atoms with Crippen LogP contribution in [0.2, 0.25) is 0 Å². The quantitative estimate of drug-likeness (QED) is 0.678. The molecule has 0 aliphatic heterocycles. The van der Waals surface area contributed by atoms with Crippen LogP contribution < -0.4 is 5.32 Å². The average molecular weight is 402 g/mol. The largest absolute Gasteiger partial charge is 0.350 e. The number of aromatic nitrogens is 1. The minimum atomic E-state index is -0.159. The van der Waals surface area contributed by atoms with Crippen LogP contribution in [0.5, 0.6) is 0 Å². The SMILES string of the molecule is CCc1ccc(C(=O)N(Cc2nc(C(=O)NCC(C)C)cs2)CC(C)C)cc1. The third-order valence-corrected chi connectivity index (χ3v) is 5.10. The molecule has 0 bridgehead atoms. The van der Waals surface area contributed by atoms with Crippen LogP contribution in [-0.2, 0) is 13.0 Å². The van der Waals surface area contributed by atoms with Crippen LogP contribution in [0.4, 0.5) is 0 Å². The highest BCUT2D eigenvalue weighted by molar-refractivity contribution is 7.09. The van der Waals surface area contributed by atoms with E-state index in [1.54, 1.807) is 5.38 Å². The number of amides is 2. The Hall–Kier alpha value is -2.21. The molecule has 0 saturated heterocycles. The molecule has 0 unspecified atom stereocenters. The highest BCUT2D eigenvalue weighted by atomic mass is 32.1. The number of rotatable bonds is 9. The summed E-state index contributed by atoms with van der Waals surface area (Å²) in [5.41, 5.74) is 2.32. The van der Waals surface area contributed by atoms with Gasteiger partial charge in [0.15, 0.2) is 0 Å². The van der Waals surface area contributed by atoms with Crippen molar-refractivity contribution >= 4 is 23.2 Å². The maximum absolute atomic E-state index is 13.0. The van der Waals surface area contributed by atoms with Crippen LogP contribution in [0, 0.1) is 11.8 Å². The van der Waals surface area contributed by atoms with Gasteiger partial charge in [-0.25, -0.2) is 4.98 Å². The van der Waals surface area contributed by atoms with Crippen molar-refractivity contribution < 1.29 is 9.59 Å². The molecule has 2 amide bonds. The van der Waals surface area contributed by atoms with Gasteiger partial charge in [0.1, 0.15) is 10.7 Å². The zero-order valence-corrected chi connectivity index (χ0v) is 18.3. The highest BCUT2D eigenvalue weighted by Gasteiger charge is 2.20. The van der Waals surface area contributed by atoms with Gasteiger partial charge in [0.05, 0.1) is 6.54 Å². The van der Waals surface area contributed by atoms with Crippen LogP contribution >= 0.6 is 11.3 Å². The second kappa shape index (κ2) is 10.4. The molecular weight excluding hydrogens is 370 g/mol. The number of carbonyl (C=O) groups excluding carboxylic acids is 2. The fraction of sp³-hybridized carbons (Fsp3) is 0.500. The molecule has 2 aromatic rings. The summed E-state index contributed by atoms with van der Waals surface area (Å²) in [5.74, 6) is 0.568. The van der Waals surface area contributed by atoms with Crippen LogP contribution in [0.3, 0.4) is 0 Å². The van der Waals surface area contributed by atoms with E-state index in [-0.39, 0.29) is 11.8 Å². The molecule has 0 fully saturated rings. The van der Waals surface area contributed by atoms with E-state index >= 15 is 0 Å². The first-order valence-electron chi connectivity index (χ1n) is 9.91. The molecule has 0 saturated carbocycles. The Balaban J connectivity index is 2.11. The minimum Gasteiger partial charge on any atom is -0.350 e. The molecule has 28 heavy (non-hydrogen) atoms. The van der Waals surface area contributed by atoms with Gasteiger partial charge in [-0.1, -0.05) is 46.8 Å². The topological polar surface area (TPSA) is 62.3 Å². The smallest absolute Gasteiger partial charge is 0.270 e. The molecule has 0 aliphatic carbocycles. The number of benzene rings is 1. The van der Waals surface area contributed by atoms with Gasteiger partial charge in [0.2, 0.25) is 0 Å². The average Bonchev–Trinajstić information content (AvgIpc) is 3.13. The second-order valence-corrected chi connectivity index (χ2v) is 8.80. The highest BCUT2D eigenvalue weighted by Crippen LogP contribution is 2.17. The van der Waals surface area contributed by atoms with Crippen molar-refractivity contribution in [2.75, 3.05) is 13.1 Å². The molecule has 0 spiro atoms. The lowest BCUT2D eigenvalue weighted by Gasteiger charge is -2.24. The van der Waals surface area contributed by atoms with Crippen LogP contribution in [0.1, 0.15) is 66.0 Å². The molecule has 6 heteroatoms. The van der Waals surface area contributed by atoms with Crippen LogP contribution in [-0.4, -0.2) is 34.8 Å². The number of nitrogens with zero attached hydrogens (tertiary/aromatic N) is 2. The monoisotopic (exact) mass is 401 g/mol. The summed E-state index contributed by atoms with van der Waals surface area (Å²) in [6.45, 7) is 12.1. The molecule has 152 valence electrons. The van der Waals surface area contributed by atoms with E-state index in [0.717, 1.165) is 11.4 Å². The van der Waals surface area contributed by atoms with Crippen LogP contribution in [0.25, 0.3) is 0 Å². The van der Waals surface area contributed by atoms with Gasteiger partial charge in [-0.3, -0.25) is 9.59 Å². The van der Waals surface area contributed by atoms with Gasteiger partial charge in [-0.2, -0.15) is 0 Å². The normalized spacial score (nSPS) is 11.1. The van der Waals surface area contributed by atoms with Gasteiger partial charge in [0, 0.05) is 24.0 Å². The second-order valence-electron chi connectivity index (χ2n) is 7.86. The maximum Gasteiger partial charge on any atom is 0.270 e. The van der Waals surface area contributed by atoms with Crippen molar-refractivity contribution in [1.29, 1.82) is 0 Å². The molecule has 0 atom stereocenters. The molecule has 5 nitrogen and oxygen atoms in total. The number of thiazole rings is 1. The Morgan fingerprint density at radius 1 is 1.11 bits per heavy atom. The third-order valence-electron chi connectivity index (χ3n) is 4.26. The predicted molar refractivity (Wildman–Crippen MR) is 115 cm³/mol. The Morgan fingerprint density at radius 3 is 2.36 bits per heavy atom. The van der Waals surface area contributed by atoms with E-state index in [1.807, 2.05) is 29.2 Å². The van der Waals surface area contributed by atoms with Crippen molar-refractivity contribution in [2.45, 2.75) is 47.6 Å². The first kappa shape index (κ1) is 22.1. The number of hydrogen-bond donors (Lipinski definition) is 1. The van der Waals surface area contributed by atoms with Crippen molar-refractivity contribution in [3.05, 3.63) is 51.5 Å². The van der Waals surface area contributed by atoms with Gasteiger partial charge >= 0.3 is 0 Å². The van der Waals surface area contributed by atoms with E-state index < -0.39 is 0 Å². The summed E-state index contributed by atoms with van der Waals surface area (Å²) in [6, 6.07) is 7.78. The molecule has 1 aromatic carbocycles. The van der Waals surface area contributed by atoms with Crippen molar-refractivity contribution in [3.8, 4) is 0 Å². The Morgan fingerprint density at radius 2 is 1.79 bits per heavy atom. The van der Waals surface area contributed by atoms with Crippen LogP contribution in [0.15, 0.2) is 29.6 Å². The van der Waals surface area contributed by atoms with Gasteiger partial charge in [0.25, 0.3) is 11.8 Å². The van der Waals surface area contributed by atoms with Crippen molar-refractivity contribution in [1.82, 2.24) is 15.2 Å². The van der Waals surface area contributed by atoms with Gasteiger partial charge < -0.3 is 10.2 Å². The molecule has 1 N–H and O–H groups in total. The zero-order chi connectivity index (χ0) is 20.7. The lowest BCUT2D eigenvalue weighted by molar-refractivity contribution is 0.0722. The van der Waals surface area contributed by atoms with Gasteiger partial charge in [-0.15, -0.1) is 11.3 Å². The molecular formula is C22H31N3O2S. The molecule has 0 aliphatic rings. The fourth-order valence-electron chi connectivity index (χ4n) is 2.76. The Kier molecular flexibility index (Phi) is 8.18. The zero-order valence-electron chi connectivity index (χ0n) is 17.5. The lowest BCUT2D eigenvalue weighted by atomic mass is 10.1. The first-order valence-corrected chi connectivity index (χ1v) is 10.8. The first-order chi connectivity index (χ1) is 13.3.